The fraction of sp³-hybridized carbons (Fsp3) is 0.308. The van der Waals surface area contributed by atoms with Crippen LogP contribution in [0.25, 0.3) is 11.0 Å². The summed E-state index contributed by atoms with van der Waals surface area (Å²) in [5.41, 5.74) is 7.21. The molecule has 1 fully saturated rings. The molecule has 1 unspecified atom stereocenters. The molecule has 104 valence electrons. The Labute approximate surface area is 120 Å². The van der Waals surface area contributed by atoms with E-state index < -0.39 is 6.04 Å². The first-order chi connectivity index (χ1) is 9.50. The number of hydrogen-bond acceptors (Lipinski definition) is 4. The van der Waals surface area contributed by atoms with Crippen LogP contribution in [-0.2, 0) is 9.59 Å². The third kappa shape index (κ3) is 1.76. The highest BCUT2D eigenvalue weighted by Gasteiger charge is 2.34. The van der Waals surface area contributed by atoms with E-state index in [1.165, 1.54) is 7.05 Å². The number of anilines is 1. The number of para-hydroxylation sites is 1. The van der Waals surface area contributed by atoms with Crippen molar-refractivity contribution in [3.63, 3.8) is 0 Å². The average molecular weight is 293 g/mol. The molecular formula is C13H13ClN4O2. The van der Waals surface area contributed by atoms with Crippen molar-refractivity contribution in [1.82, 2.24) is 14.5 Å². The Bertz CT molecular complexity index is 724. The van der Waals surface area contributed by atoms with Gasteiger partial charge < -0.3 is 5.73 Å². The number of likely N-dealkylation sites (tertiary alicyclic amines) is 1. The van der Waals surface area contributed by atoms with Crippen molar-refractivity contribution in [1.29, 1.82) is 0 Å². The summed E-state index contributed by atoms with van der Waals surface area (Å²) in [5.74, 6) is -0.214. The van der Waals surface area contributed by atoms with Crippen LogP contribution in [0.5, 0.6) is 0 Å². The van der Waals surface area contributed by atoms with Gasteiger partial charge in [-0.15, -0.1) is 0 Å². The number of imidazole rings is 1. The third-order valence-corrected chi connectivity index (χ3v) is 3.94. The number of carbonyl (C=O) groups excluding carboxylic acids is 2. The van der Waals surface area contributed by atoms with Gasteiger partial charge in [-0.25, -0.2) is 4.98 Å². The lowest BCUT2D eigenvalue weighted by molar-refractivity contribution is -0.149. The lowest BCUT2D eigenvalue weighted by Gasteiger charge is -2.29. The molecule has 1 aliphatic heterocycles. The molecule has 1 aromatic heterocycles. The number of halogens is 1. The maximum absolute atomic E-state index is 12.3. The summed E-state index contributed by atoms with van der Waals surface area (Å²) in [6.45, 7) is 0. The van der Waals surface area contributed by atoms with E-state index in [1.807, 2.05) is 6.07 Å². The zero-order valence-electron chi connectivity index (χ0n) is 10.8. The van der Waals surface area contributed by atoms with Crippen LogP contribution in [0.4, 0.5) is 5.95 Å². The van der Waals surface area contributed by atoms with Crippen molar-refractivity contribution in [3.8, 4) is 0 Å². The van der Waals surface area contributed by atoms with Crippen LogP contribution in [0.1, 0.15) is 18.9 Å². The van der Waals surface area contributed by atoms with Gasteiger partial charge in [0.1, 0.15) is 11.6 Å². The SMILES string of the molecule is CN1C(=O)CCC(n2c(N)nc3c(Cl)cccc32)C1=O. The van der Waals surface area contributed by atoms with Crippen LogP contribution in [0.3, 0.4) is 0 Å². The van der Waals surface area contributed by atoms with E-state index >= 15 is 0 Å². The second-order valence-electron chi connectivity index (χ2n) is 4.79. The molecule has 20 heavy (non-hydrogen) atoms. The fourth-order valence-corrected chi connectivity index (χ4v) is 2.78. The summed E-state index contributed by atoms with van der Waals surface area (Å²) in [5, 5.41) is 0.487. The molecule has 2 amide bonds. The van der Waals surface area contributed by atoms with Gasteiger partial charge in [-0.1, -0.05) is 17.7 Å². The molecule has 1 aromatic carbocycles. The number of piperidine rings is 1. The number of nitrogens with two attached hydrogens (primary N) is 1. The van der Waals surface area contributed by atoms with Gasteiger partial charge in [-0.05, 0) is 18.6 Å². The van der Waals surface area contributed by atoms with E-state index in [2.05, 4.69) is 4.98 Å². The van der Waals surface area contributed by atoms with Crippen LogP contribution >= 0.6 is 11.6 Å². The van der Waals surface area contributed by atoms with Gasteiger partial charge in [0, 0.05) is 13.5 Å². The molecule has 0 bridgehead atoms. The highest BCUT2D eigenvalue weighted by atomic mass is 35.5. The van der Waals surface area contributed by atoms with Crippen molar-refractivity contribution in [2.24, 2.45) is 0 Å². The minimum Gasteiger partial charge on any atom is -0.369 e. The molecule has 1 saturated heterocycles. The van der Waals surface area contributed by atoms with Crippen LogP contribution in [-0.4, -0.2) is 33.3 Å². The average Bonchev–Trinajstić information content (AvgIpc) is 2.75. The summed E-state index contributed by atoms with van der Waals surface area (Å²) in [7, 11) is 1.49. The first kappa shape index (κ1) is 12.9. The van der Waals surface area contributed by atoms with Crippen molar-refractivity contribution in [2.75, 3.05) is 12.8 Å². The van der Waals surface area contributed by atoms with Gasteiger partial charge in [0.05, 0.1) is 10.5 Å². The summed E-state index contributed by atoms with van der Waals surface area (Å²) < 4.78 is 1.66. The van der Waals surface area contributed by atoms with Crippen molar-refractivity contribution in [3.05, 3.63) is 23.2 Å². The molecule has 7 heteroatoms. The quantitative estimate of drug-likeness (QED) is 0.809. The topological polar surface area (TPSA) is 81.2 Å². The maximum atomic E-state index is 12.3. The van der Waals surface area contributed by atoms with Crippen LogP contribution < -0.4 is 5.73 Å². The minimum atomic E-state index is -0.513. The standard InChI is InChI=1S/C13H13ClN4O2/c1-17-10(19)6-5-9(12(17)20)18-8-4-2-3-7(14)11(8)16-13(18)15/h2-4,9H,5-6H2,1H3,(H2,15,16). The monoisotopic (exact) mass is 292 g/mol. The van der Waals surface area contributed by atoms with Gasteiger partial charge in [0.2, 0.25) is 11.9 Å². The molecule has 2 N–H and O–H groups in total. The van der Waals surface area contributed by atoms with Gasteiger partial charge in [-0.3, -0.25) is 19.1 Å². The smallest absolute Gasteiger partial charge is 0.252 e. The van der Waals surface area contributed by atoms with Gasteiger partial charge >= 0.3 is 0 Å². The van der Waals surface area contributed by atoms with E-state index in [4.69, 9.17) is 17.3 Å². The Morgan fingerprint density at radius 3 is 2.90 bits per heavy atom. The molecule has 0 aliphatic carbocycles. The molecule has 3 rings (SSSR count). The highest BCUT2D eigenvalue weighted by molar-refractivity contribution is 6.35. The number of nitrogens with zero attached hydrogens (tertiary/aromatic N) is 3. The number of likely N-dealkylation sites (N-methyl/N-ethyl adjacent to an activating group) is 1. The third-order valence-electron chi connectivity index (χ3n) is 3.63. The Balaban J connectivity index is 2.15. The first-order valence-electron chi connectivity index (χ1n) is 6.23. The summed E-state index contributed by atoms with van der Waals surface area (Å²) >= 11 is 6.09. The number of hydrogen-bond donors (Lipinski definition) is 1. The number of benzene rings is 1. The number of imide groups is 1. The minimum absolute atomic E-state index is 0.174. The number of aromatic nitrogens is 2. The first-order valence-corrected chi connectivity index (χ1v) is 6.61. The lowest BCUT2D eigenvalue weighted by atomic mass is 10.0. The van der Waals surface area contributed by atoms with E-state index in [0.717, 1.165) is 4.90 Å². The molecule has 2 aromatic rings. The molecule has 2 heterocycles. The van der Waals surface area contributed by atoms with Crippen LogP contribution in [0, 0.1) is 0 Å². The second-order valence-corrected chi connectivity index (χ2v) is 5.20. The van der Waals surface area contributed by atoms with Gasteiger partial charge in [-0.2, -0.15) is 0 Å². The zero-order valence-corrected chi connectivity index (χ0v) is 11.6. The van der Waals surface area contributed by atoms with Crippen LogP contribution in [0.2, 0.25) is 5.02 Å². The number of carbonyl (C=O) groups is 2. The zero-order chi connectivity index (χ0) is 14.4. The molecule has 0 saturated carbocycles. The molecule has 0 radical (unpaired) electrons. The number of nitrogen functional groups attached to an aromatic ring is 1. The summed E-state index contributed by atoms with van der Waals surface area (Å²) in [6.07, 6.45) is 0.733. The van der Waals surface area contributed by atoms with Crippen molar-refractivity contribution in [2.45, 2.75) is 18.9 Å². The number of amides is 2. The number of fused-ring (bicyclic) bond motifs is 1. The summed E-state index contributed by atoms with van der Waals surface area (Å²) in [4.78, 5) is 29.2. The van der Waals surface area contributed by atoms with E-state index in [1.54, 1.807) is 16.7 Å². The largest absolute Gasteiger partial charge is 0.369 e. The fourth-order valence-electron chi connectivity index (χ4n) is 2.57. The van der Waals surface area contributed by atoms with Crippen molar-refractivity contribution < 1.29 is 9.59 Å². The van der Waals surface area contributed by atoms with Crippen LogP contribution in [0.15, 0.2) is 18.2 Å². The normalized spacial score (nSPS) is 19.9. The lowest BCUT2D eigenvalue weighted by Crippen LogP contribution is -2.43. The van der Waals surface area contributed by atoms with E-state index in [0.29, 0.717) is 28.9 Å². The van der Waals surface area contributed by atoms with E-state index in [-0.39, 0.29) is 17.8 Å². The van der Waals surface area contributed by atoms with Crippen molar-refractivity contribution >= 4 is 40.4 Å². The Hall–Kier alpha value is -2.08. The molecule has 1 atom stereocenters. The van der Waals surface area contributed by atoms with E-state index in [9.17, 15) is 9.59 Å². The van der Waals surface area contributed by atoms with Gasteiger partial charge in [0.15, 0.2) is 0 Å². The molecule has 6 nitrogen and oxygen atoms in total. The Morgan fingerprint density at radius 2 is 2.15 bits per heavy atom. The Kier molecular flexibility index (Phi) is 2.90. The number of rotatable bonds is 1. The molecule has 1 aliphatic rings. The van der Waals surface area contributed by atoms with Gasteiger partial charge in [0.25, 0.3) is 5.91 Å². The second kappa shape index (κ2) is 4.49. The Morgan fingerprint density at radius 1 is 1.40 bits per heavy atom. The molecule has 0 spiro atoms. The predicted octanol–water partition coefficient (Wildman–Crippen LogP) is 1.59. The summed E-state index contributed by atoms with van der Waals surface area (Å²) in [6, 6.07) is 4.80. The maximum Gasteiger partial charge on any atom is 0.252 e. The molecular weight excluding hydrogens is 280 g/mol. The predicted molar refractivity (Wildman–Crippen MR) is 75.2 cm³/mol. The highest BCUT2D eigenvalue weighted by Crippen LogP contribution is 2.32.